The summed E-state index contributed by atoms with van der Waals surface area (Å²) in [5.74, 6) is 1.07. The van der Waals surface area contributed by atoms with E-state index in [9.17, 15) is 0 Å². The zero-order valence-corrected chi connectivity index (χ0v) is 15.4. The van der Waals surface area contributed by atoms with E-state index in [-0.39, 0.29) is 0 Å². The number of aryl methyl sites for hydroxylation is 1. The summed E-state index contributed by atoms with van der Waals surface area (Å²) in [5.41, 5.74) is 8.74. The Hall–Kier alpha value is -2.94. The Bertz CT molecular complexity index is 883. The highest BCUT2D eigenvalue weighted by Gasteiger charge is 2.21. The van der Waals surface area contributed by atoms with Gasteiger partial charge in [-0.25, -0.2) is 9.67 Å². The lowest BCUT2D eigenvalue weighted by atomic mass is 10.1. The van der Waals surface area contributed by atoms with Crippen molar-refractivity contribution in [2.45, 2.75) is 38.8 Å². The van der Waals surface area contributed by atoms with Gasteiger partial charge in [0.15, 0.2) is 5.82 Å². The molecule has 3 aromatic rings. The molecule has 3 N–H and O–H groups in total. The molecule has 0 amide bonds. The minimum absolute atomic E-state index is 0.315. The molecule has 0 atom stereocenters. The number of nitrogen functional groups attached to an aromatic ring is 1. The van der Waals surface area contributed by atoms with Crippen molar-refractivity contribution in [3.63, 3.8) is 0 Å². The van der Waals surface area contributed by atoms with Gasteiger partial charge in [0.1, 0.15) is 11.5 Å². The van der Waals surface area contributed by atoms with Crippen LogP contribution in [0.1, 0.15) is 26.2 Å². The third kappa shape index (κ3) is 3.77. The molecule has 3 aromatic heterocycles. The molecule has 142 valence electrons. The molecular weight excluding hydrogens is 344 g/mol. The van der Waals surface area contributed by atoms with E-state index in [1.54, 1.807) is 10.9 Å². The molecule has 0 bridgehead atoms. The number of rotatable bonds is 6. The Morgan fingerprint density at radius 1 is 1.33 bits per heavy atom. The highest BCUT2D eigenvalue weighted by atomic mass is 16.5. The number of nitrogens with one attached hydrogen (secondary N) is 1. The summed E-state index contributed by atoms with van der Waals surface area (Å²) in [4.78, 5) is 4.54. The van der Waals surface area contributed by atoms with Crippen molar-refractivity contribution in [3.05, 3.63) is 30.7 Å². The van der Waals surface area contributed by atoms with Gasteiger partial charge in [-0.15, -0.1) is 5.10 Å². The van der Waals surface area contributed by atoms with Crippen LogP contribution in [-0.2, 0) is 11.3 Å². The number of pyridine rings is 1. The topological polar surface area (TPSA) is 109 Å². The van der Waals surface area contributed by atoms with Crippen LogP contribution < -0.4 is 11.1 Å². The Morgan fingerprint density at radius 3 is 2.93 bits per heavy atom. The van der Waals surface area contributed by atoms with Crippen LogP contribution in [0.2, 0.25) is 0 Å². The van der Waals surface area contributed by atoms with E-state index in [0.717, 1.165) is 56.0 Å². The van der Waals surface area contributed by atoms with E-state index in [0.29, 0.717) is 17.7 Å². The van der Waals surface area contributed by atoms with Gasteiger partial charge in [-0.05, 0) is 25.3 Å². The molecule has 9 heteroatoms. The fourth-order valence-electron chi connectivity index (χ4n) is 3.27. The Morgan fingerprint density at radius 2 is 2.19 bits per heavy atom. The van der Waals surface area contributed by atoms with E-state index in [2.05, 4.69) is 32.6 Å². The van der Waals surface area contributed by atoms with Crippen LogP contribution >= 0.6 is 0 Å². The van der Waals surface area contributed by atoms with Gasteiger partial charge in [0.05, 0.1) is 17.4 Å². The normalized spacial score (nSPS) is 15.1. The molecule has 1 aliphatic rings. The smallest absolute Gasteiger partial charge is 0.157 e. The molecular formula is C18H24N8O. The maximum absolute atomic E-state index is 6.35. The van der Waals surface area contributed by atoms with Crippen molar-refractivity contribution in [3.8, 4) is 17.1 Å². The number of nitrogens with zero attached hydrogens (tertiary/aromatic N) is 6. The molecule has 0 aromatic carbocycles. The van der Waals surface area contributed by atoms with Crippen LogP contribution in [0, 0.1) is 0 Å². The number of hydrogen-bond acceptors (Lipinski definition) is 7. The van der Waals surface area contributed by atoms with Gasteiger partial charge < -0.3 is 15.8 Å². The second-order valence-electron chi connectivity index (χ2n) is 6.64. The summed E-state index contributed by atoms with van der Waals surface area (Å²) in [7, 11) is 0. The highest BCUT2D eigenvalue weighted by Crippen LogP contribution is 2.34. The first kappa shape index (κ1) is 17.5. The summed E-state index contributed by atoms with van der Waals surface area (Å²) >= 11 is 0. The van der Waals surface area contributed by atoms with Gasteiger partial charge in [0.25, 0.3) is 0 Å². The monoisotopic (exact) mass is 368 g/mol. The van der Waals surface area contributed by atoms with Crippen molar-refractivity contribution in [2.75, 3.05) is 24.3 Å². The molecule has 0 spiro atoms. The number of ether oxygens (including phenoxy) is 1. The summed E-state index contributed by atoms with van der Waals surface area (Å²) in [5, 5.41) is 16.4. The Labute approximate surface area is 157 Å². The van der Waals surface area contributed by atoms with Crippen molar-refractivity contribution in [2.24, 2.45) is 0 Å². The van der Waals surface area contributed by atoms with Gasteiger partial charge in [-0.2, -0.15) is 5.10 Å². The minimum atomic E-state index is 0.315. The van der Waals surface area contributed by atoms with Gasteiger partial charge in [-0.3, -0.25) is 4.68 Å². The van der Waals surface area contributed by atoms with Gasteiger partial charge in [-0.1, -0.05) is 12.1 Å². The van der Waals surface area contributed by atoms with E-state index < -0.39 is 0 Å². The quantitative estimate of drug-likeness (QED) is 0.686. The zero-order chi connectivity index (χ0) is 18.6. The second-order valence-corrected chi connectivity index (χ2v) is 6.64. The van der Waals surface area contributed by atoms with Crippen molar-refractivity contribution >= 4 is 11.5 Å². The number of anilines is 2. The van der Waals surface area contributed by atoms with Crippen LogP contribution in [0.25, 0.3) is 17.1 Å². The van der Waals surface area contributed by atoms with E-state index >= 15 is 0 Å². The number of nitrogens with two attached hydrogens (primary N) is 1. The van der Waals surface area contributed by atoms with E-state index in [4.69, 9.17) is 10.5 Å². The van der Waals surface area contributed by atoms with Crippen LogP contribution in [0.4, 0.5) is 11.5 Å². The SMILES string of the molecule is CCCn1cc(-c2c(NC3CCOCC3)cc(-n3cccn3)nc2N)nn1. The maximum Gasteiger partial charge on any atom is 0.157 e. The molecule has 9 nitrogen and oxygen atoms in total. The van der Waals surface area contributed by atoms with Gasteiger partial charge in [0.2, 0.25) is 0 Å². The highest BCUT2D eigenvalue weighted by molar-refractivity contribution is 5.84. The summed E-state index contributed by atoms with van der Waals surface area (Å²) in [6.45, 7) is 4.43. The molecule has 4 heterocycles. The maximum atomic E-state index is 6.35. The molecule has 0 unspecified atom stereocenters. The van der Waals surface area contributed by atoms with Crippen LogP contribution in [0.5, 0.6) is 0 Å². The third-order valence-electron chi connectivity index (χ3n) is 4.60. The van der Waals surface area contributed by atoms with Crippen LogP contribution in [0.3, 0.4) is 0 Å². The van der Waals surface area contributed by atoms with Crippen molar-refractivity contribution in [1.29, 1.82) is 0 Å². The zero-order valence-electron chi connectivity index (χ0n) is 15.4. The predicted molar refractivity (Wildman–Crippen MR) is 103 cm³/mol. The minimum Gasteiger partial charge on any atom is -0.383 e. The lowest BCUT2D eigenvalue weighted by Gasteiger charge is -2.25. The molecule has 27 heavy (non-hydrogen) atoms. The molecule has 0 aliphatic carbocycles. The average Bonchev–Trinajstić information content (AvgIpc) is 3.35. The Balaban J connectivity index is 1.75. The third-order valence-corrected chi connectivity index (χ3v) is 4.60. The van der Waals surface area contributed by atoms with Crippen molar-refractivity contribution < 1.29 is 4.74 Å². The van der Waals surface area contributed by atoms with Crippen molar-refractivity contribution in [1.82, 2.24) is 29.8 Å². The van der Waals surface area contributed by atoms with Crippen LogP contribution in [-0.4, -0.2) is 49.0 Å². The first-order chi connectivity index (χ1) is 13.2. The molecule has 1 fully saturated rings. The van der Waals surface area contributed by atoms with Gasteiger partial charge >= 0.3 is 0 Å². The molecule has 0 radical (unpaired) electrons. The first-order valence-corrected chi connectivity index (χ1v) is 9.30. The largest absolute Gasteiger partial charge is 0.383 e. The average molecular weight is 368 g/mol. The van der Waals surface area contributed by atoms with Crippen LogP contribution in [0.15, 0.2) is 30.7 Å². The predicted octanol–water partition coefficient (Wildman–Crippen LogP) is 2.11. The molecule has 4 rings (SSSR count). The Kier molecular flexibility index (Phi) is 5.01. The summed E-state index contributed by atoms with van der Waals surface area (Å²) in [6, 6.07) is 4.14. The van der Waals surface area contributed by atoms with E-state index in [1.807, 2.05) is 29.2 Å². The number of hydrogen-bond donors (Lipinski definition) is 2. The van der Waals surface area contributed by atoms with E-state index in [1.165, 1.54) is 0 Å². The lowest BCUT2D eigenvalue weighted by Crippen LogP contribution is -2.28. The summed E-state index contributed by atoms with van der Waals surface area (Å²) in [6.07, 6.45) is 8.36. The standard InChI is InChI=1S/C18H24N8O/c1-2-7-25-12-15(23-24-25)17-14(21-13-4-9-27-10-5-13)11-16(22-18(17)19)26-8-3-6-20-26/h3,6,8,11-13H,2,4-5,7,9-10H2,1H3,(H3,19,21,22). The summed E-state index contributed by atoms with van der Waals surface area (Å²) < 4.78 is 9.00. The fourth-order valence-corrected chi connectivity index (χ4v) is 3.27. The molecule has 0 saturated carbocycles. The molecule has 1 aliphatic heterocycles. The fraction of sp³-hybridized carbons (Fsp3) is 0.444. The first-order valence-electron chi connectivity index (χ1n) is 9.30. The lowest BCUT2D eigenvalue weighted by molar-refractivity contribution is 0.0904. The number of aromatic nitrogens is 6. The van der Waals surface area contributed by atoms with Gasteiger partial charge in [0, 0.05) is 44.3 Å². The molecule has 1 saturated heterocycles. The second kappa shape index (κ2) is 7.75.